The first kappa shape index (κ1) is 35.1. The Hall–Kier alpha value is -1.38. The van der Waals surface area contributed by atoms with Crippen molar-refractivity contribution in [1.29, 1.82) is 0 Å². The zero-order valence-electron chi connectivity index (χ0n) is 21.5. The van der Waals surface area contributed by atoms with E-state index >= 15 is 0 Å². The monoisotopic (exact) mass is 436 g/mol. The van der Waals surface area contributed by atoms with Gasteiger partial charge in [-0.05, 0) is 68.6 Å². The summed E-state index contributed by atoms with van der Waals surface area (Å²) in [4.78, 5) is 2.86. The smallest absolute Gasteiger partial charge is 0.00433 e. The summed E-state index contributed by atoms with van der Waals surface area (Å²) in [5.74, 6) is 0. The second-order valence-corrected chi connectivity index (χ2v) is 7.21. The van der Waals surface area contributed by atoms with Crippen molar-refractivity contribution < 1.29 is 0 Å². The normalized spacial score (nSPS) is 7.48. The topological polar surface area (TPSA) is 0 Å². The average molecular weight is 437 g/mol. The van der Waals surface area contributed by atoms with Gasteiger partial charge in [0.15, 0.2) is 0 Å². The number of rotatable bonds is 0. The van der Waals surface area contributed by atoms with Crippen molar-refractivity contribution in [2.75, 3.05) is 0 Å². The molecule has 2 heterocycles. The molecule has 2 heteroatoms. The SMILES string of the molecule is CC.CC.CC.CC.Cc1ccccc1.Cc1ccsc1C.Cc1ccsc1C. The second kappa shape index (κ2) is 28.8. The molecule has 0 atom stereocenters. The molecule has 0 saturated carbocycles. The fourth-order valence-corrected chi connectivity index (χ4v) is 2.89. The predicted octanol–water partition coefficient (Wildman–Crippen LogP) is 10.8. The summed E-state index contributed by atoms with van der Waals surface area (Å²) in [6, 6.07) is 14.5. The molecule has 0 unspecified atom stereocenters. The highest BCUT2D eigenvalue weighted by Gasteiger charge is 1.87. The lowest BCUT2D eigenvalue weighted by atomic mass is 10.2. The molecule has 0 nitrogen and oxygen atoms in total. The Morgan fingerprint density at radius 1 is 0.448 bits per heavy atom. The molecule has 29 heavy (non-hydrogen) atoms. The van der Waals surface area contributed by atoms with Crippen LogP contribution in [0.2, 0.25) is 0 Å². The first-order valence-electron chi connectivity index (χ1n) is 11.0. The summed E-state index contributed by atoms with van der Waals surface area (Å²) in [6.45, 7) is 26.6. The van der Waals surface area contributed by atoms with Gasteiger partial charge in [-0.3, -0.25) is 0 Å². The summed E-state index contributed by atoms with van der Waals surface area (Å²) in [5.41, 5.74) is 4.14. The summed E-state index contributed by atoms with van der Waals surface area (Å²) in [6.07, 6.45) is 0. The highest BCUT2D eigenvalue weighted by Crippen LogP contribution is 2.12. The van der Waals surface area contributed by atoms with Gasteiger partial charge in [-0.1, -0.05) is 91.3 Å². The maximum Gasteiger partial charge on any atom is 0.00433 e. The molecule has 0 fully saturated rings. The molecule has 0 aliphatic rings. The van der Waals surface area contributed by atoms with E-state index in [-0.39, 0.29) is 0 Å². The van der Waals surface area contributed by atoms with Gasteiger partial charge in [-0.2, -0.15) is 0 Å². The number of hydrogen-bond donors (Lipinski definition) is 0. The molecule has 0 radical (unpaired) electrons. The van der Waals surface area contributed by atoms with Gasteiger partial charge < -0.3 is 0 Å². The Morgan fingerprint density at radius 2 is 0.759 bits per heavy atom. The molecule has 168 valence electrons. The van der Waals surface area contributed by atoms with Crippen LogP contribution in [0.5, 0.6) is 0 Å². The van der Waals surface area contributed by atoms with E-state index in [0.717, 1.165) is 0 Å². The first-order chi connectivity index (χ1) is 14.0. The number of aryl methyl sites for hydroxylation is 5. The van der Waals surface area contributed by atoms with Gasteiger partial charge in [0.05, 0.1) is 0 Å². The van der Waals surface area contributed by atoms with E-state index < -0.39 is 0 Å². The van der Waals surface area contributed by atoms with Crippen molar-refractivity contribution in [2.24, 2.45) is 0 Å². The molecular formula is C27H48S2. The predicted molar refractivity (Wildman–Crippen MR) is 144 cm³/mol. The van der Waals surface area contributed by atoms with Crippen molar-refractivity contribution in [3.05, 3.63) is 79.7 Å². The third-order valence-corrected chi connectivity index (χ3v) is 5.07. The Balaban J connectivity index is -0.000000138. The molecule has 1 aromatic carbocycles. The Morgan fingerprint density at radius 3 is 0.862 bits per heavy atom. The van der Waals surface area contributed by atoms with Gasteiger partial charge in [0.1, 0.15) is 0 Å². The molecule has 0 spiro atoms. The van der Waals surface area contributed by atoms with Crippen LogP contribution in [-0.2, 0) is 0 Å². The van der Waals surface area contributed by atoms with Gasteiger partial charge in [0.2, 0.25) is 0 Å². The van der Waals surface area contributed by atoms with Crippen molar-refractivity contribution in [1.82, 2.24) is 0 Å². The summed E-state index contributed by atoms with van der Waals surface area (Å²) in [7, 11) is 0. The maximum absolute atomic E-state index is 2.14. The highest BCUT2D eigenvalue weighted by molar-refractivity contribution is 7.10. The van der Waals surface area contributed by atoms with Crippen LogP contribution in [0.25, 0.3) is 0 Å². The molecule has 0 bridgehead atoms. The number of benzene rings is 1. The van der Waals surface area contributed by atoms with Crippen LogP contribution in [0.15, 0.2) is 53.2 Å². The van der Waals surface area contributed by atoms with E-state index in [1.54, 1.807) is 22.7 Å². The van der Waals surface area contributed by atoms with Crippen LogP contribution in [0, 0.1) is 34.6 Å². The van der Waals surface area contributed by atoms with Crippen molar-refractivity contribution in [3.8, 4) is 0 Å². The third kappa shape index (κ3) is 22.8. The zero-order chi connectivity index (χ0) is 23.7. The molecule has 0 aliphatic heterocycles. The third-order valence-electron chi connectivity index (χ3n) is 3.18. The molecule has 2 aromatic heterocycles. The molecule has 0 saturated heterocycles. The van der Waals surface area contributed by atoms with Crippen LogP contribution in [0.1, 0.15) is 81.8 Å². The molecule has 0 N–H and O–H groups in total. The van der Waals surface area contributed by atoms with E-state index in [1.165, 1.54) is 26.4 Å². The van der Waals surface area contributed by atoms with E-state index in [1.807, 2.05) is 73.6 Å². The van der Waals surface area contributed by atoms with E-state index in [4.69, 9.17) is 0 Å². The van der Waals surface area contributed by atoms with Crippen LogP contribution < -0.4 is 0 Å². The fourth-order valence-electron chi connectivity index (χ4n) is 1.43. The Bertz CT molecular complexity index is 548. The number of hydrogen-bond acceptors (Lipinski definition) is 2. The molecule has 3 aromatic rings. The minimum absolute atomic E-state index is 1.32. The maximum atomic E-state index is 2.14. The molecule has 0 amide bonds. The fraction of sp³-hybridized carbons (Fsp3) is 0.481. The highest BCUT2D eigenvalue weighted by atomic mass is 32.1. The van der Waals surface area contributed by atoms with Crippen LogP contribution >= 0.6 is 22.7 Å². The Labute approximate surface area is 192 Å². The summed E-state index contributed by atoms with van der Waals surface area (Å²) in [5, 5.41) is 4.23. The lowest BCUT2D eigenvalue weighted by Gasteiger charge is -1.82. The van der Waals surface area contributed by atoms with Gasteiger partial charge >= 0.3 is 0 Å². The summed E-state index contributed by atoms with van der Waals surface area (Å²) < 4.78 is 0. The van der Waals surface area contributed by atoms with Crippen LogP contribution in [0.4, 0.5) is 0 Å². The first-order valence-corrected chi connectivity index (χ1v) is 12.8. The quantitative estimate of drug-likeness (QED) is 0.328. The van der Waals surface area contributed by atoms with Crippen LogP contribution in [-0.4, -0.2) is 0 Å². The van der Waals surface area contributed by atoms with Gasteiger partial charge in [0, 0.05) is 9.75 Å². The average Bonchev–Trinajstić information content (AvgIpc) is 3.36. The van der Waals surface area contributed by atoms with Gasteiger partial charge in [-0.15, -0.1) is 22.7 Å². The minimum Gasteiger partial charge on any atom is -0.149 e. The van der Waals surface area contributed by atoms with Gasteiger partial charge in [0.25, 0.3) is 0 Å². The molecule has 3 rings (SSSR count). The summed E-state index contributed by atoms with van der Waals surface area (Å²) >= 11 is 3.61. The second-order valence-electron chi connectivity index (χ2n) is 4.97. The number of thiophene rings is 2. The molecular weight excluding hydrogens is 388 g/mol. The van der Waals surface area contributed by atoms with Crippen molar-refractivity contribution >= 4 is 22.7 Å². The van der Waals surface area contributed by atoms with E-state index in [9.17, 15) is 0 Å². The van der Waals surface area contributed by atoms with Crippen molar-refractivity contribution in [2.45, 2.75) is 90.0 Å². The van der Waals surface area contributed by atoms with Gasteiger partial charge in [-0.25, -0.2) is 0 Å². The lowest BCUT2D eigenvalue weighted by molar-refractivity contribution is 1.44. The largest absolute Gasteiger partial charge is 0.149 e. The van der Waals surface area contributed by atoms with E-state index in [2.05, 4.69) is 69.6 Å². The van der Waals surface area contributed by atoms with Crippen LogP contribution in [0.3, 0.4) is 0 Å². The lowest BCUT2D eigenvalue weighted by Crippen LogP contribution is -1.62. The molecule has 0 aliphatic carbocycles. The van der Waals surface area contributed by atoms with E-state index in [0.29, 0.717) is 0 Å². The zero-order valence-corrected chi connectivity index (χ0v) is 23.1. The Kier molecular flexibility index (Phi) is 34.9. The standard InChI is InChI=1S/C7H8.2C6H8S.4C2H6/c1-7-5-3-2-4-6-7;2*1-5-3-4-7-6(5)2;4*1-2/h2-6H,1H3;2*3-4H,1-2H3;4*1-2H3. The van der Waals surface area contributed by atoms with Crippen molar-refractivity contribution in [3.63, 3.8) is 0 Å². The minimum atomic E-state index is 1.32.